The third-order valence-corrected chi connectivity index (χ3v) is 4.13. The van der Waals surface area contributed by atoms with Gasteiger partial charge in [-0.05, 0) is 19.9 Å². The van der Waals surface area contributed by atoms with Crippen molar-refractivity contribution in [3.8, 4) is 0 Å². The molecule has 3 rings (SSSR count). The Morgan fingerprint density at radius 1 is 1.23 bits per heavy atom. The average Bonchev–Trinajstić information content (AvgIpc) is 3.16. The lowest BCUT2D eigenvalue weighted by Gasteiger charge is -2.36. The quantitative estimate of drug-likeness (QED) is 0.675. The van der Waals surface area contributed by atoms with Gasteiger partial charge in [-0.2, -0.15) is 13.9 Å². The zero-order valence-corrected chi connectivity index (χ0v) is 13.7. The van der Waals surface area contributed by atoms with Crippen molar-refractivity contribution in [1.29, 1.82) is 0 Å². The van der Waals surface area contributed by atoms with Crippen LogP contribution in [0.25, 0.3) is 0 Å². The van der Waals surface area contributed by atoms with Gasteiger partial charge in [0.1, 0.15) is 29.5 Å². The number of hydrogen-bond donors (Lipinski definition) is 2. The lowest BCUT2D eigenvalue weighted by Crippen LogP contribution is -2.46. The predicted octanol–water partition coefficient (Wildman–Crippen LogP) is 2.91. The van der Waals surface area contributed by atoms with Crippen molar-refractivity contribution in [2.45, 2.75) is 31.8 Å². The number of nitrogens with one attached hydrogen (secondary N) is 1. The van der Waals surface area contributed by atoms with E-state index in [0.717, 1.165) is 18.5 Å². The molecule has 1 aromatic carbocycles. The van der Waals surface area contributed by atoms with Crippen LogP contribution in [0.15, 0.2) is 29.0 Å². The van der Waals surface area contributed by atoms with Crippen molar-refractivity contribution in [3.05, 3.63) is 64.6 Å². The third kappa shape index (κ3) is 2.75. The molecule has 0 aliphatic heterocycles. The molecule has 0 aliphatic rings. The van der Waals surface area contributed by atoms with Crippen molar-refractivity contribution in [3.63, 3.8) is 0 Å². The number of H-pyrrole nitrogens is 1. The summed E-state index contributed by atoms with van der Waals surface area (Å²) in [4.78, 5) is 3.72. The van der Waals surface area contributed by atoms with Crippen LogP contribution in [0.1, 0.15) is 28.4 Å². The minimum atomic E-state index is -4.04. The summed E-state index contributed by atoms with van der Waals surface area (Å²) in [5.74, 6) is -6.66. The summed E-state index contributed by atoms with van der Waals surface area (Å²) in [6, 6.07) is 1.98. The minimum Gasteiger partial charge on any atom is -0.378 e. The smallest absolute Gasteiger partial charge is 0.311 e. The fourth-order valence-corrected chi connectivity index (χ4v) is 2.90. The number of aromatic nitrogens is 4. The number of benzene rings is 1. The second-order valence-corrected chi connectivity index (χ2v) is 5.87. The Hall–Kier alpha value is -2.75. The highest BCUT2D eigenvalue weighted by Crippen LogP contribution is 2.49. The minimum absolute atomic E-state index is 0.109. The summed E-state index contributed by atoms with van der Waals surface area (Å²) >= 11 is 0. The Bertz CT molecular complexity index is 907. The van der Waals surface area contributed by atoms with Gasteiger partial charge >= 0.3 is 5.92 Å². The van der Waals surface area contributed by atoms with Crippen LogP contribution in [-0.2, 0) is 17.9 Å². The number of halogens is 4. The Balaban J connectivity index is 2.23. The van der Waals surface area contributed by atoms with E-state index in [4.69, 9.17) is 4.52 Å². The van der Waals surface area contributed by atoms with Gasteiger partial charge in [0.2, 0.25) is 0 Å². The van der Waals surface area contributed by atoms with E-state index in [1.165, 1.54) is 13.8 Å². The molecule has 138 valence electrons. The standard InChI is InChI=1S/C16H14F4N4O2/c1-8-14(9(2)26-24-8)16(19,20)15(25,6-13-21-7-22-23-13)11-4-3-10(17)5-12(11)18/h3-5,7,25H,6H2,1-2H3,(H,21,22,23). The zero-order chi connectivity index (χ0) is 19.1. The van der Waals surface area contributed by atoms with Gasteiger partial charge in [0.05, 0.1) is 11.3 Å². The molecule has 0 radical (unpaired) electrons. The monoisotopic (exact) mass is 370 g/mol. The van der Waals surface area contributed by atoms with E-state index in [-0.39, 0.29) is 17.3 Å². The fraction of sp³-hybridized carbons (Fsp3) is 0.312. The number of rotatable bonds is 5. The summed E-state index contributed by atoms with van der Waals surface area (Å²) in [7, 11) is 0. The highest BCUT2D eigenvalue weighted by molar-refractivity contribution is 5.36. The lowest BCUT2D eigenvalue weighted by molar-refractivity contribution is -0.198. The molecular formula is C16H14F4N4O2. The van der Waals surface area contributed by atoms with Crippen LogP contribution < -0.4 is 0 Å². The molecule has 3 aromatic rings. The first-order chi connectivity index (χ1) is 12.2. The number of hydrogen-bond acceptors (Lipinski definition) is 5. The SMILES string of the molecule is Cc1noc(C)c1C(F)(F)C(O)(Cc1ncn[nH]1)c1ccc(F)cc1F. The van der Waals surface area contributed by atoms with Crippen LogP contribution in [0.3, 0.4) is 0 Å². The van der Waals surface area contributed by atoms with Crippen LogP contribution in [-0.4, -0.2) is 25.4 Å². The Morgan fingerprint density at radius 2 is 1.96 bits per heavy atom. The highest BCUT2D eigenvalue weighted by atomic mass is 19.3. The van der Waals surface area contributed by atoms with E-state index in [1.54, 1.807) is 0 Å². The van der Waals surface area contributed by atoms with E-state index < -0.39 is 40.7 Å². The molecule has 0 saturated heterocycles. The first-order valence-electron chi connectivity index (χ1n) is 7.50. The van der Waals surface area contributed by atoms with Gasteiger partial charge in [-0.15, -0.1) is 0 Å². The fourth-order valence-electron chi connectivity index (χ4n) is 2.90. The molecule has 26 heavy (non-hydrogen) atoms. The number of aliphatic hydroxyl groups is 1. The van der Waals surface area contributed by atoms with Crippen molar-refractivity contribution in [2.75, 3.05) is 0 Å². The molecule has 0 fully saturated rings. The van der Waals surface area contributed by atoms with Crippen LogP contribution in [0.2, 0.25) is 0 Å². The second-order valence-electron chi connectivity index (χ2n) is 5.87. The molecule has 0 bridgehead atoms. The molecule has 2 heterocycles. The van der Waals surface area contributed by atoms with Crippen LogP contribution in [0.5, 0.6) is 0 Å². The van der Waals surface area contributed by atoms with E-state index >= 15 is 8.78 Å². The largest absolute Gasteiger partial charge is 0.378 e. The molecule has 6 nitrogen and oxygen atoms in total. The van der Waals surface area contributed by atoms with Crippen molar-refractivity contribution < 1.29 is 27.2 Å². The first kappa shape index (κ1) is 18.1. The average molecular weight is 370 g/mol. The summed E-state index contributed by atoms with van der Waals surface area (Å²) < 4.78 is 63.2. The summed E-state index contributed by atoms with van der Waals surface area (Å²) in [6.07, 6.45) is 0.247. The molecule has 2 N–H and O–H groups in total. The summed E-state index contributed by atoms with van der Waals surface area (Å²) in [5.41, 5.74) is -4.74. The number of aryl methyl sites for hydroxylation is 2. The molecule has 0 spiro atoms. The zero-order valence-electron chi connectivity index (χ0n) is 13.7. The van der Waals surface area contributed by atoms with Crippen molar-refractivity contribution in [1.82, 2.24) is 20.3 Å². The van der Waals surface area contributed by atoms with Crippen LogP contribution >= 0.6 is 0 Å². The Morgan fingerprint density at radius 3 is 2.50 bits per heavy atom. The number of nitrogens with zero attached hydrogens (tertiary/aromatic N) is 3. The van der Waals surface area contributed by atoms with Crippen molar-refractivity contribution in [2.24, 2.45) is 0 Å². The predicted molar refractivity (Wildman–Crippen MR) is 80.2 cm³/mol. The highest BCUT2D eigenvalue weighted by Gasteiger charge is 2.59. The molecule has 1 unspecified atom stereocenters. The van der Waals surface area contributed by atoms with Crippen LogP contribution in [0, 0.1) is 25.5 Å². The molecule has 0 saturated carbocycles. The molecule has 10 heteroatoms. The molecular weight excluding hydrogens is 356 g/mol. The summed E-state index contributed by atoms with van der Waals surface area (Å²) in [5, 5.41) is 20.4. The second kappa shape index (κ2) is 6.20. The summed E-state index contributed by atoms with van der Waals surface area (Å²) in [6.45, 7) is 2.52. The molecule has 0 amide bonds. The van der Waals surface area contributed by atoms with Crippen LogP contribution in [0.4, 0.5) is 17.6 Å². The van der Waals surface area contributed by atoms with Gasteiger partial charge in [-0.3, -0.25) is 5.10 Å². The maximum Gasteiger partial charge on any atom is 0.311 e. The Kier molecular flexibility index (Phi) is 4.31. The molecule has 2 aromatic heterocycles. The van der Waals surface area contributed by atoms with E-state index in [1.807, 2.05) is 0 Å². The third-order valence-electron chi connectivity index (χ3n) is 4.13. The lowest BCUT2D eigenvalue weighted by atomic mass is 9.79. The number of alkyl halides is 2. The van der Waals surface area contributed by atoms with Gasteiger partial charge in [0.15, 0.2) is 5.60 Å². The van der Waals surface area contributed by atoms with Gasteiger partial charge in [0.25, 0.3) is 0 Å². The van der Waals surface area contributed by atoms with E-state index in [2.05, 4.69) is 20.3 Å². The van der Waals surface area contributed by atoms with Gasteiger partial charge in [0, 0.05) is 18.1 Å². The van der Waals surface area contributed by atoms with Crippen molar-refractivity contribution >= 4 is 0 Å². The molecule has 1 atom stereocenters. The topological polar surface area (TPSA) is 87.8 Å². The van der Waals surface area contributed by atoms with E-state index in [0.29, 0.717) is 6.07 Å². The van der Waals surface area contributed by atoms with E-state index in [9.17, 15) is 13.9 Å². The van der Waals surface area contributed by atoms with Gasteiger partial charge < -0.3 is 9.63 Å². The van der Waals surface area contributed by atoms with Gasteiger partial charge in [-0.1, -0.05) is 11.2 Å². The number of aromatic amines is 1. The molecule has 0 aliphatic carbocycles. The maximum atomic E-state index is 15.4. The first-order valence-corrected chi connectivity index (χ1v) is 7.50. The maximum absolute atomic E-state index is 15.4. The van der Waals surface area contributed by atoms with Gasteiger partial charge in [-0.25, -0.2) is 13.8 Å². The Labute approximate surface area is 144 Å². The normalized spacial score (nSPS) is 14.4.